The maximum absolute atomic E-state index is 12.9. The largest absolute Gasteiger partial charge is 0.392 e. The van der Waals surface area contributed by atoms with Gasteiger partial charge in [-0.2, -0.15) is 0 Å². The van der Waals surface area contributed by atoms with E-state index in [1.54, 1.807) is 18.5 Å². The molecule has 0 saturated carbocycles. The Morgan fingerprint density at radius 2 is 1.77 bits per heavy atom. The number of hydrogen-bond acceptors (Lipinski definition) is 4. The van der Waals surface area contributed by atoms with Crippen LogP contribution in [0, 0.1) is 0 Å². The number of aromatic nitrogens is 2. The van der Waals surface area contributed by atoms with Gasteiger partial charge in [-0.3, -0.25) is 14.7 Å². The molecule has 1 aliphatic carbocycles. The number of fused-ring (bicyclic) bond motifs is 5. The summed E-state index contributed by atoms with van der Waals surface area (Å²) >= 11 is 0. The van der Waals surface area contributed by atoms with Crippen LogP contribution in [0.4, 0.5) is 5.69 Å². The van der Waals surface area contributed by atoms with E-state index >= 15 is 0 Å². The Morgan fingerprint density at radius 3 is 2.62 bits per heavy atom. The van der Waals surface area contributed by atoms with Gasteiger partial charge in [0.15, 0.2) is 0 Å². The van der Waals surface area contributed by atoms with Crippen molar-refractivity contribution in [1.82, 2.24) is 14.9 Å². The molecule has 2 aromatic heterocycles. The van der Waals surface area contributed by atoms with Crippen molar-refractivity contribution < 1.29 is 9.90 Å². The maximum Gasteiger partial charge on any atom is 0.225 e. The zero-order valence-corrected chi connectivity index (χ0v) is 21.8. The van der Waals surface area contributed by atoms with E-state index in [4.69, 9.17) is 0 Å². The fourth-order valence-corrected chi connectivity index (χ4v) is 6.99. The predicted molar refractivity (Wildman–Crippen MR) is 155 cm³/mol. The summed E-state index contributed by atoms with van der Waals surface area (Å²) in [5, 5.41) is 17.2. The van der Waals surface area contributed by atoms with Gasteiger partial charge in [0.05, 0.1) is 18.0 Å². The summed E-state index contributed by atoms with van der Waals surface area (Å²) in [5.41, 5.74) is 6.34. The molecule has 0 radical (unpaired) electrons. The number of aromatic amines is 1. The fraction of sp³-hybridized carbons (Fsp3) is 0.273. The summed E-state index contributed by atoms with van der Waals surface area (Å²) in [7, 11) is 0. The first-order chi connectivity index (χ1) is 19.1. The molecular formula is C33H32N4O2. The molecule has 2 aliphatic rings. The highest BCUT2D eigenvalue weighted by atomic mass is 16.3. The molecule has 5 aromatic rings. The third-order valence-electron chi connectivity index (χ3n) is 8.92. The number of aliphatic hydroxyl groups excluding tert-OH is 1. The van der Waals surface area contributed by atoms with Crippen LogP contribution in [0.25, 0.3) is 21.8 Å². The lowest BCUT2D eigenvalue weighted by Crippen LogP contribution is -2.47. The minimum atomic E-state index is -0.584. The Balaban J connectivity index is 1.07. The highest BCUT2D eigenvalue weighted by Gasteiger charge is 2.52. The fourth-order valence-electron chi connectivity index (χ4n) is 6.99. The molecule has 7 rings (SSSR count). The van der Waals surface area contributed by atoms with E-state index in [9.17, 15) is 9.90 Å². The molecule has 1 amide bonds. The van der Waals surface area contributed by atoms with E-state index < -0.39 is 6.10 Å². The van der Waals surface area contributed by atoms with Crippen molar-refractivity contribution in [1.29, 1.82) is 0 Å². The van der Waals surface area contributed by atoms with Crippen molar-refractivity contribution in [2.75, 3.05) is 18.4 Å². The molecule has 0 bridgehead atoms. The Kier molecular flexibility index (Phi) is 5.94. The Morgan fingerprint density at radius 1 is 0.974 bits per heavy atom. The van der Waals surface area contributed by atoms with Gasteiger partial charge in [0.25, 0.3) is 0 Å². The molecule has 1 fully saturated rings. The van der Waals surface area contributed by atoms with Crippen molar-refractivity contribution in [2.24, 2.45) is 0 Å². The molecule has 1 aliphatic heterocycles. The smallest absolute Gasteiger partial charge is 0.225 e. The van der Waals surface area contributed by atoms with E-state index in [0.29, 0.717) is 5.69 Å². The Hall–Kier alpha value is -4.00. The van der Waals surface area contributed by atoms with Gasteiger partial charge in [0.1, 0.15) is 0 Å². The molecule has 3 heterocycles. The maximum atomic E-state index is 12.9. The summed E-state index contributed by atoms with van der Waals surface area (Å²) in [6.45, 7) is 2.70. The zero-order valence-electron chi connectivity index (χ0n) is 21.8. The zero-order chi connectivity index (χ0) is 26.4. The number of para-hydroxylation sites is 1. The van der Waals surface area contributed by atoms with Crippen LogP contribution in [0.5, 0.6) is 0 Å². The normalized spacial score (nSPS) is 20.4. The third kappa shape index (κ3) is 4.20. The molecule has 2 unspecified atom stereocenters. The lowest BCUT2D eigenvalue weighted by atomic mass is 9.71. The molecule has 39 heavy (non-hydrogen) atoms. The number of hydrogen-bond donors (Lipinski definition) is 3. The van der Waals surface area contributed by atoms with Gasteiger partial charge in [-0.25, -0.2) is 0 Å². The van der Waals surface area contributed by atoms with Crippen molar-refractivity contribution >= 4 is 33.4 Å². The highest BCUT2D eigenvalue weighted by Crippen LogP contribution is 2.53. The van der Waals surface area contributed by atoms with Crippen LogP contribution < -0.4 is 5.32 Å². The molecule has 196 valence electrons. The summed E-state index contributed by atoms with van der Waals surface area (Å²) in [6.07, 6.45) is 4.75. The molecule has 3 aromatic carbocycles. The molecule has 3 N–H and O–H groups in total. The van der Waals surface area contributed by atoms with E-state index in [1.165, 1.54) is 32.9 Å². The van der Waals surface area contributed by atoms with Crippen LogP contribution in [-0.2, 0) is 16.8 Å². The molecule has 6 nitrogen and oxygen atoms in total. The number of benzene rings is 3. The standard InChI is InChI=1S/C33H32N4O2/c38-31(35-23-6-5-15-34-20-23)19-27-24-7-1-3-9-28(24)33(32(27)39)13-16-37(17-14-33)21-22-11-12-26-25-8-2-4-10-29(25)36-30(26)18-22/h1-12,15,18,20,27,32,36,39H,13-14,16-17,19,21H2,(H,35,38). The van der Waals surface area contributed by atoms with E-state index in [0.717, 1.165) is 38.0 Å². The number of carbonyl (C=O) groups is 1. The molecule has 1 spiro atoms. The lowest BCUT2D eigenvalue weighted by molar-refractivity contribution is -0.117. The van der Waals surface area contributed by atoms with Crippen molar-refractivity contribution in [3.8, 4) is 0 Å². The van der Waals surface area contributed by atoms with Crippen molar-refractivity contribution in [3.05, 3.63) is 108 Å². The van der Waals surface area contributed by atoms with E-state index in [1.807, 2.05) is 12.1 Å². The first kappa shape index (κ1) is 24.1. The average molecular weight is 517 g/mol. The number of anilines is 1. The topological polar surface area (TPSA) is 81.2 Å². The highest BCUT2D eigenvalue weighted by molar-refractivity contribution is 6.07. The molecule has 1 saturated heterocycles. The van der Waals surface area contributed by atoms with Crippen LogP contribution in [0.3, 0.4) is 0 Å². The molecule has 6 heteroatoms. The SMILES string of the molecule is O=C(CC1c2ccccc2C2(CCN(Cc3ccc4c(c3)[nH]c3ccccc34)CC2)C1O)Nc1cccnc1. The third-order valence-corrected chi connectivity index (χ3v) is 8.92. The van der Waals surface area contributed by atoms with Gasteiger partial charge in [-0.05, 0) is 66.9 Å². The Labute approximate surface area is 227 Å². The summed E-state index contributed by atoms with van der Waals surface area (Å²) in [6, 6.07) is 27.2. The molecule has 2 atom stereocenters. The number of nitrogens with one attached hydrogen (secondary N) is 2. The monoisotopic (exact) mass is 516 g/mol. The van der Waals surface area contributed by atoms with Gasteiger partial charge in [-0.1, -0.05) is 54.6 Å². The summed E-state index contributed by atoms with van der Waals surface area (Å²) in [4.78, 5) is 23.1. The van der Waals surface area contributed by atoms with Gasteiger partial charge >= 0.3 is 0 Å². The minimum Gasteiger partial charge on any atom is -0.392 e. The minimum absolute atomic E-state index is 0.0938. The van der Waals surface area contributed by atoms with Gasteiger partial charge in [0, 0.05) is 52.3 Å². The second kappa shape index (κ2) is 9.63. The number of aliphatic hydroxyl groups is 1. The number of H-pyrrole nitrogens is 1. The van der Waals surface area contributed by atoms with Crippen molar-refractivity contribution in [2.45, 2.75) is 43.2 Å². The summed E-state index contributed by atoms with van der Waals surface area (Å²) in [5.74, 6) is -0.308. The quantitative estimate of drug-likeness (QED) is 0.278. The van der Waals surface area contributed by atoms with Crippen LogP contribution in [0.15, 0.2) is 91.3 Å². The first-order valence-electron chi connectivity index (χ1n) is 13.8. The first-order valence-corrected chi connectivity index (χ1v) is 13.8. The van der Waals surface area contributed by atoms with Crippen LogP contribution >= 0.6 is 0 Å². The second-order valence-corrected chi connectivity index (χ2v) is 11.1. The number of pyridine rings is 1. The van der Waals surface area contributed by atoms with Crippen LogP contribution in [0.1, 0.15) is 41.9 Å². The van der Waals surface area contributed by atoms with Gasteiger partial charge < -0.3 is 15.4 Å². The van der Waals surface area contributed by atoms with Crippen LogP contribution in [-0.4, -0.2) is 45.1 Å². The number of carbonyl (C=O) groups excluding carboxylic acids is 1. The lowest BCUT2D eigenvalue weighted by Gasteiger charge is -2.43. The second-order valence-electron chi connectivity index (χ2n) is 11.1. The number of nitrogens with zero attached hydrogens (tertiary/aromatic N) is 2. The average Bonchev–Trinajstić information content (AvgIpc) is 3.44. The number of rotatable bonds is 5. The predicted octanol–water partition coefficient (Wildman–Crippen LogP) is 5.74. The molecular weight excluding hydrogens is 484 g/mol. The Bertz CT molecular complexity index is 1650. The van der Waals surface area contributed by atoms with E-state index in [2.05, 4.69) is 80.8 Å². The van der Waals surface area contributed by atoms with Gasteiger partial charge in [0.2, 0.25) is 5.91 Å². The van der Waals surface area contributed by atoms with Gasteiger partial charge in [-0.15, -0.1) is 0 Å². The van der Waals surface area contributed by atoms with E-state index in [-0.39, 0.29) is 23.7 Å². The number of piperidine rings is 1. The number of amides is 1. The number of likely N-dealkylation sites (tertiary alicyclic amines) is 1. The summed E-state index contributed by atoms with van der Waals surface area (Å²) < 4.78 is 0. The van der Waals surface area contributed by atoms with Crippen molar-refractivity contribution in [3.63, 3.8) is 0 Å². The van der Waals surface area contributed by atoms with Crippen LogP contribution in [0.2, 0.25) is 0 Å².